The number of nitrogens with two attached hydrogens (primary N) is 1. The number of para-hydroxylation sites is 1. The van der Waals surface area contributed by atoms with E-state index in [0.29, 0.717) is 0 Å². The minimum absolute atomic E-state index is 0.177. The molecule has 0 bridgehead atoms. The lowest BCUT2D eigenvalue weighted by Crippen LogP contribution is -2.39. The molecule has 0 heterocycles. The van der Waals surface area contributed by atoms with Gasteiger partial charge in [-0.05, 0) is 32.8 Å². The largest absolute Gasteiger partial charge is 0.491 e. The number of hydrogen-bond donors (Lipinski definition) is 1. The minimum atomic E-state index is -0.177. The topological polar surface area (TPSA) is 35.2 Å². The lowest BCUT2D eigenvalue weighted by molar-refractivity contribution is 0.225. The van der Waals surface area contributed by atoms with Crippen molar-refractivity contribution in [2.75, 3.05) is 0 Å². The molecule has 1 aliphatic rings. The van der Waals surface area contributed by atoms with Crippen LogP contribution in [0, 0.1) is 0 Å². The van der Waals surface area contributed by atoms with Crippen LogP contribution in [0.2, 0.25) is 0 Å². The molecule has 2 rings (SSSR count). The van der Waals surface area contributed by atoms with E-state index in [1.807, 2.05) is 12.1 Å². The molecule has 1 fully saturated rings. The van der Waals surface area contributed by atoms with Crippen molar-refractivity contribution in [3.05, 3.63) is 29.8 Å². The molecule has 0 radical (unpaired) electrons. The third-order valence-electron chi connectivity index (χ3n) is 3.53. The van der Waals surface area contributed by atoms with E-state index in [0.717, 1.165) is 18.6 Å². The summed E-state index contributed by atoms with van der Waals surface area (Å²) in [5.74, 6) is 0.965. The Bertz CT molecular complexity index is 367. The Morgan fingerprint density at radius 1 is 1.12 bits per heavy atom. The second-order valence-corrected chi connectivity index (χ2v) is 5.38. The molecule has 0 aromatic heterocycles. The first-order chi connectivity index (χ1) is 8.12. The van der Waals surface area contributed by atoms with Crippen molar-refractivity contribution in [3.8, 4) is 5.75 Å². The van der Waals surface area contributed by atoms with Crippen molar-refractivity contribution in [2.45, 2.75) is 57.6 Å². The standard InChI is InChI=1S/C15H23NO/c1-12(2)17-14-9-5-4-8-13(14)15(16)10-6-3-7-11-15/h4-5,8-9,12H,3,6-7,10-11,16H2,1-2H3. The molecule has 2 heteroatoms. The number of ether oxygens (including phenoxy) is 1. The lowest BCUT2D eigenvalue weighted by atomic mass is 9.77. The fourth-order valence-corrected chi connectivity index (χ4v) is 2.69. The molecule has 0 aliphatic heterocycles. The normalized spacial score (nSPS) is 19.3. The van der Waals surface area contributed by atoms with Crippen LogP contribution in [-0.4, -0.2) is 6.10 Å². The van der Waals surface area contributed by atoms with Gasteiger partial charge in [-0.3, -0.25) is 0 Å². The van der Waals surface area contributed by atoms with E-state index < -0.39 is 0 Å². The second kappa shape index (κ2) is 5.09. The summed E-state index contributed by atoms with van der Waals surface area (Å²) in [7, 11) is 0. The van der Waals surface area contributed by atoms with E-state index in [-0.39, 0.29) is 11.6 Å². The van der Waals surface area contributed by atoms with Gasteiger partial charge < -0.3 is 10.5 Å². The molecule has 0 amide bonds. The van der Waals surface area contributed by atoms with Crippen LogP contribution in [0.1, 0.15) is 51.5 Å². The van der Waals surface area contributed by atoms with Gasteiger partial charge in [0.15, 0.2) is 0 Å². The highest BCUT2D eigenvalue weighted by atomic mass is 16.5. The Hall–Kier alpha value is -1.02. The van der Waals surface area contributed by atoms with Gasteiger partial charge in [-0.25, -0.2) is 0 Å². The monoisotopic (exact) mass is 233 g/mol. The Morgan fingerprint density at radius 2 is 1.76 bits per heavy atom. The maximum absolute atomic E-state index is 6.58. The van der Waals surface area contributed by atoms with Gasteiger partial charge in [-0.15, -0.1) is 0 Å². The molecular weight excluding hydrogens is 210 g/mol. The fourth-order valence-electron chi connectivity index (χ4n) is 2.69. The molecule has 0 unspecified atom stereocenters. The van der Waals surface area contributed by atoms with Crippen LogP contribution in [0.3, 0.4) is 0 Å². The van der Waals surface area contributed by atoms with Crippen molar-refractivity contribution in [1.29, 1.82) is 0 Å². The number of hydrogen-bond acceptors (Lipinski definition) is 2. The van der Waals surface area contributed by atoms with Crippen molar-refractivity contribution in [1.82, 2.24) is 0 Å². The summed E-state index contributed by atoms with van der Waals surface area (Å²) in [6.07, 6.45) is 6.12. The summed E-state index contributed by atoms with van der Waals surface area (Å²) in [4.78, 5) is 0. The first kappa shape index (κ1) is 12.4. The van der Waals surface area contributed by atoms with Crippen LogP contribution in [-0.2, 0) is 5.54 Å². The molecule has 1 aromatic rings. The van der Waals surface area contributed by atoms with Crippen LogP contribution in [0.15, 0.2) is 24.3 Å². The second-order valence-electron chi connectivity index (χ2n) is 5.38. The first-order valence-electron chi connectivity index (χ1n) is 6.67. The molecule has 0 atom stereocenters. The summed E-state index contributed by atoms with van der Waals surface area (Å²) >= 11 is 0. The molecule has 2 N–H and O–H groups in total. The molecular formula is C15H23NO. The fraction of sp³-hybridized carbons (Fsp3) is 0.600. The van der Waals surface area contributed by atoms with Crippen molar-refractivity contribution >= 4 is 0 Å². The zero-order valence-corrected chi connectivity index (χ0v) is 10.9. The van der Waals surface area contributed by atoms with Crippen LogP contribution >= 0.6 is 0 Å². The van der Waals surface area contributed by atoms with Gasteiger partial charge in [0.25, 0.3) is 0 Å². The van der Waals surface area contributed by atoms with Crippen molar-refractivity contribution < 1.29 is 4.74 Å². The summed E-state index contributed by atoms with van der Waals surface area (Å²) in [5, 5.41) is 0. The van der Waals surface area contributed by atoms with Gasteiger partial charge in [0.2, 0.25) is 0 Å². The SMILES string of the molecule is CC(C)Oc1ccccc1C1(N)CCCCC1. The summed E-state index contributed by atoms with van der Waals surface area (Å²) in [6.45, 7) is 4.11. The average Bonchev–Trinajstić information content (AvgIpc) is 2.30. The van der Waals surface area contributed by atoms with Gasteiger partial charge >= 0.3 is 0 Å². The Labute approximate surface area is 104 Å². The molecule has 1 saturated carbocycles. The maximum atomic E-state index is 6.58. The van der Waals surface area contributed by atoms with Crippen LogP contribution in [0.4, 0.5) is 0 Å². The summed E-state index contributed by atoms with van der Waals surface area (Å²) in [6, 6.07) is 8.25. The lowest BCUT2D eigenvalue weighted by Gasteiger charge is -2.35. The molecule has 94 valence electrons. The highest BCUT2D eigenvalue weighted by molar-refractivity contribution is 5.39. The molecule has 0 saturated heterocycles. The van der Waals surface area contributed by atoms with Gasteiger partial charge in [0.05, 0.1) is 6.10 Å². The predicted octanol–water partition coefficient (Wildman–Crippen LogP) is 3.59. The van der Waals surface area contributed by atoms with E-state index in [9.17, 15) is 0 Å². The Morgan fingerprint density at radius 3 is 2.41 bits per heavy atom. The van der Waals surface area contributed by atoms with Gasteiger partial charge in [0, 0.05) is 11.1 Å². The molecule has 17 heavy (non-hydrogen) atoms. The van der Waals surface area contributed by atoms with Crippen LogP contribution in [0.5, 0.6) is 5.75 Å². The van der Waals surface area contributed by atoms with Gasteiger partial charge in [0.1, 0.15) is 5.75 Å². The van der Waals surface area contributed by atoms with Crippen molar-refractivity contribution in [2.24, 2.45) is 5.73 Å². The Kier molecular flexibility index (Phi) is 3.72. The number of rotatable bonds is 3. The summed E-state index contributed by atoms with van der Waals surface area (Å²) in [5.41, 5.74) is 7.59. The van der Waals surface area contributed by atoms with Crippen LogP contribution < -0.4 is 10.5 Å². The molecule has 2 nitrogen and oxygen atoms in total. The minimum Gasteiger partial charge on any atom is -0.491 e. The highest BCUT2D eigenvalue weighted by Crippen LogP contribution is 2.39. The first-order valence-corrected chi connectivity index (χ1v) is 6.67. The predicted molar refractivity (Wildman–Crippen MR) is 71.2 cm³/mol. The molecule has 0 spiro atoms. The van der Waals surface area contributed by atoms with E-state index in [1.165, 1.54) is 24.8 Å². The van der Waals surface area contributed by atoms with E-state index in [1.54, 1.807) is 0 Å². The van der Waals surface area contributed by atoms with E-state index in [4.69, 9.17) is 10.5 Å². The number of benzene rings is 1. The van der Waals surface area contributed by atoms with Gasteiger partial charge in [-0.1, -0.05) is 37.5 Å². The zero-order valence-electron chi connectivity index (χ0n) is 10.9. The molecule has 1 aromatic carbocycles. The maximum Gasteiger partial charge on any atom is 0.124 e. The van der Waals surface area contributed by atoms with E-state index >= 15 is 0 Å². The molecule has 1 aliphatic carbocycles. The Balaban J connectivity index is 2.29. The zero-order chi connectivity index (χ0) is 12.3. The third kappa shape index (κ3) is 2.81. The quantitative estimate of drug-likeness (QED) is 0.866. The smallest absolute Gasteiger partial charge is 0.124 e. The van der Waals surface area contributed by atoms with Gasteiger partial charge in [-0.2, -0.15) is 0 Å². The third-order valence-corrected chi connectivity index (χ3v) is 3.53. The average molecular weight is 233 g/mol. The summed E-state index contributed by atoms with van der Waals surface area (Å²) < 4.78 is 5.88. The van der Waals surface area contributed by atoms with Crippen LogP contribution in [0.25, 0.3) is 0 Å². The highest BCUT2D eigenvalue weighted by Gasteiger charge is 2.31. The van der Waals surface area contributed by atoms with E-state index in [2.05, 4.69) is 26.0 Å². The van der Waals surface area contributed by atoms with Crippen molar-refractivity contribution in [3.63, 3.8) is 0 Å².